The van der Waals surface area contributed by atoms with Gasteiger partial charge in [0, 0.05) is 14.4 Å². The highest BCUT2D eigenvalue weighted by molar-refractivity contribution is 9.10. The van der Waals surface area contributed by atoms with Crippen molar-refractivity contribution < 1.29 is 4.39 Å². The van der Waals surface area contributed by atoms with Crippen molar-refractivity contribution in [2.75, 3.05) is 0 Å². The van der Waals surface area contributed by atoms with Crippen molar-refractivity contribution in [2.45, 2.75) is 13.0 Å². The van der Waals surface area contributed by atoms with E-state index >= 15 is 0 Å². The SMILES string of the molecule is Cc1cc(C(N)c2sccc2Br)c(Cl)cc1F. The first-order valence-corrected chi connectivity index (χ1v) is 6.99. The summed E-state index contributed by atoms with van der Waals surface area (Å²) in [4.78, 5) is 0.984. The summed E-state index contributed by atoms with van der Waals surface area (Å²) in [6, 6.07) is 4.61. The Labute approximate surface area is 117 Å². The summed E-state index contributed by atoms with van der Waals surface area (Å²) >= 11 is 11.0. The summed E-state index contributed by atoms with van der Waals surface area (Å²) < 4.78 is 14.3. The molecule has 17 heavy (non-hydrogen) atoms. The molecule has 0 fully saturated rings. The third kappa shape index (κ3) is 2.55. The molecule has 1 aromatic heterocycles. The van der Waals surface area contributed by atoms with E-state index in [0.717, 1.165) is 14.9 Å². The molecule has 2 aromatic rings. The fraction of sp³-hybridized carbons (Fsp3) is 0.167. The first-order valence-electron chi connectivity index (χ1n) is 4.94. The molecule has 0 aliphatic heterocycles. The highest BCUT2D eigenvalue weighted by Gasteiger charge is 2.17. The van der Waals surface area contributed by atoms with Crippen LogP contribution in [0, 0.1) is 12.7 Å². The fourth-order valence-corrected chi connectivity index (χ4v) is 3.49. The van der Waals surface area contributed by atoms with Gasteiger partial charge in [-0.1, -0.05) is 11.6 Å². The molecule has 0 spiro atoms. The van der Waals surface area contributed by atoms with Crippen molar-refractivity contribution in [1.29, 1.82) is 0 Å². The Hall–Kier alpha value is -0.420. The van der Waals surface area contributed by atoms with Gasteiger partial charge in [0.15, 0.2) is 0 Å². The molecule has 0 aliphatic carbocycles. The smallest absolute Gasteiger partial charge is 0.127 e. The van der Waals surface area contributed by atoms with Crippen LogP contribution in [-0.4, -0.2) is 0 Å². The molecule has 1 heterocycles. The number of hydrogen-bond acceptors (Lipinski definition) is 2. The van der Waals surface area contributed by atoms with E-state index in [1.165, 1.54) is 6.07 Å². The van der Waals surface area contributed by atoms with Crippen LogP contribution in [0.25, 0.3) is 0 Å². The highest BCUT2D eigenvalue weighted by Crippen LogP contribution is 2.35. The van der Waals surface area contributed by atoms with Gasteiger partial charge >= 0.3 is 0 Å². The normalized spacial score (nSPS) is 12.8. The zero-order chi connectivity index (χ0) is 12.6. The Kier molecular flexibility index (Phi) is 3.88. The number of benzene rings is 1. The molecule has 0 amide bonds. The first kappa shape index (κ1) is 13.0. The van der Waals surface area contributed by atoms with Gasteiger partial charge in [0.1, 0.15) is 5.82 Å². The minimum Gasteiger partial charge on any atom is -0.320 e. The third-order valence-corrected chi connectivity index (χ3v) is 4.82. The highest BCUT2D eigenvalue weighted by atomic mass is 79.9. The number of halogens is 3. The van der Waals surface area contributed by atoms with Crippen molar-refractivity contribution in [1.82, 2.24) is 0 Å². The van der Waals surface area contributed by atoms with E-state index in [1.807, 2.05) is 11.4 Å². The molecular formula is C12H10BrClFNS. The molecule has 1 nitrogen and oxygen atoms in total. The summed E-state index contributed by atoms with van der Waals surface area (Å²) in [5.41, 5.74) is 7.45. The van der Waals surface area contributed by atoms with Crippen molar-refractivity contribution in [2.24, 2.45) is 5.73 Å². The Bertz CT molecular complexity index is 555. The van der Waals surface area contributed by atoms with E-state index in [-0.39, 0.29) is 11.9 Å². The van der Waals surface area contributed by atoms with Crippen LogP contribution in [0.5, 0.6) is 0 Å². The van der Waals surface area contributed by atoms with Crippen LogP contribution >= 0.6 is 38.9 Å². The summed E-state index contributed by atoms with van der Waals surface area (Å²) in [5, 5.41) is 2.31. The quantitative estimate of drug-likeness (QED) is 0.849. The Morgan fingerprint density at radius 2 is 2.18 bits per heavy atom. The van der Waals surface area contributed by atoms with Crippen molar-refractivity contribution in [3.8, 4) is 0 Å². The molecule has 0 saturated carbocycles. The van der Waals surface area contributed by atoms with Crippen LogP contribution in [-0.2, 0) is 0 Å². The van der Waals surface area contributed by atoms with Gasteiger partial charge in [-0.05, 0) is 57.6 Å². The average molecular weight is 335 g/mol. The van der Waals surface area contributed by atoms with Crippen LogP contribution in [0.1, 0.15) is 22.0 Å². The standard InChI is InChI=1S/C12H10BrClFNS/c1-6-4-7(9(14)5-10(6)15)11(16)12-8(13)2-3-17-12/h2-5,11H,16H2,1H3. The number of thiophene rings is 1. The monoisotopic (exact) mass is 333 g/mol. The van der Waals surface area contributed by atoms with Gasteiger partial charge in [0.2, 0.25) is 0 Å². The summed E-state index contributed by atoms with van der Waals surface area (Å²) in [6.07, 6.45) is 0. The van der Waals surface area contributed by atoms with Crippen molar-refractivity contribution >= 4 is 38.9 Å². The lowest BCUT2D eigenvalue weighted by molar-refractivity contribution is 0.617. The molecule has 0 saturated heterocycles. The Balaban J connectivity index is 2.48. The van der Waals surface area contributed by atoms with Crippen LogP contribution in [0.4, 0.5) is 4.39 Å². The molecule has 0 aliphatic rings. The van der Waals surface area contributed by atoms with Crippen LogP contribution < -0.4 is 5.73 Å². The summed E-state index contributed by atoms with van der Waals surface area (Å²) in [6.45, 7) is 1.70. The minimum absolute atomic E-state index is 0.309. The van der Waals surface area contributed by atoms with E-state index in [2.05, 4.69) is 15.9 Å². The van der Waals surface area contributed by atoms with Gasteiger partial charge in [-0.3, -0.25) is 0 Å². The molecule has 1 aromatic carbocycles. The van der Waals surface area contributed by atoms with Crippen molar-refractivity contribution in [3.05, 3.63) is 54.9 Å². The van der Waals surface area contributed by atoms with Gasteiger partial charge < -0.3 is 5.73 Å². The molecule has 1 unspecified atom stereocenters. The second-order valence-electron chi connectivity index (χ2n) is 3.73. The van der Waals surface area contributed by atoms with Crippen molar-refractivity contribution in [3.63, 3.8) is 0 Å². The van der Waals surface area contributed by atoms with Gasteiger partial charge in [0.25, 0.3) is 0 Å². The van der Waals surface area contributed by atoms with Crippen LogP contribution in [0.15, 0.2) is 28.1 Å². The lowest BCUT2D eigenvalue weighted by Gasteiger charge is -2.14. The fourth-order valence-electron chi connectivity index (χ4n) is 1.59. The van der Waals surface area contributed by atoms with E-state index in [0.29, 0.717) is 10.6 Å². The van der Waals surface area contributed by atoms with E-state index in [1.54, 1.807) is 24.3 Å². The molecule has 1 atom stereocenters. The lowest BCUT2D eigenvalue weighted by atomic mass is 10.0. The Morgan fingerprint density at radius 3 is 2.76 bits per heavy atom. The topological polar surface area (TPSA) is 26.0 Å². The Morgan fingerprint density at radius 1 is 1.47 bits per heavy atom. The molecular weight excluding hydrogens is 325 g/mol. The molecule has 0 bridgehead atoms. The zero-order valence-corrected chi connectivity index (χ0v) is 12.2. The second kappa shape index (κ2) is 5.06. The number of hydrogen-bond donors (Lipinski definition) is 1. The maximum atomic E-state index is 13.3. The van der Waals surface area contributed by atoms with Gasteiger partial charge in [-0.25, -0.2) is 4.39 Å². The average Bonchev–Trinajstić information content (AvgIpc) is 2.69. The first-order chi connectivity index (χ1) is 8.00. The van der Waals surface area contributed by atoms with E-state index in [9.17, 15) is 4.39 Å². The number of nitrogens with two attached hydrogens (primary N) is 1. The number of rotatable bonds is 2. The largest absolute Gasteiger partial charge is 0.320 e. The molecule has 5 heteroatoms. The van der Waals surface area contributed by atoms with Gasteiger partial charge in [-0.15, -0.1) is 11.3 Å². The molecule has 2 N–H and O–H groups in total. The predicted molar refractivity (Wildman–Crippen MR) is 74.2 cm³/mol. The molecule has 2 rings (SSSR count). The molecule has 90 valence electrons. The predicted octanol–water partition coefficient (Wildman–Crippen LogP) is 4.66. The lowest BCUT2D eigenvalue weighted by Crippen LogP contribution is -2.12. The van der Waals surface area contributed by atoms with Crippen LogP contribution in [0.2, 0.25) is 5.02 Å². The summed E-state index contributed by atoms with van der Waals surface area (Å²) in [5.74, 6) is -0.309. The minimum atomic E-state index is -0.337. The van der Waals surface area contributed by atoms with Crippen LogP contribution in [0.3, 0.4) is 0 Å². The maximum Gasteiger partial charge on any atom is 0.127 e. The zero-order valence-electron chi connectivity index (χ0n) is 9.01. The van der Waals surface area contributed by atoms with E-state index in [4.69, 9.17) is 17.3 Å². The third-order valence-electron chi connectivity index (χ3n) is 2.54. The van der Waals surface area contributed by atoms with E-state index < -0.39 is 0 Å². The number of aryl methyl sites for hydroxylation is 1. The van der Waals surface area contributed by atoms with Gasteiger partial charge in [0.05, 0.1) is 6.04 Å². The second-order valence-corrected chi connectivity index (χ2v) is 5.94. The molecule has 0 radical (unpaired) electrons. The maximum absolute atomic E-state index is 13.3. The van der Waals surface area contributed by atoms with Gasteiger partial charge in [-0.2, -0.15) is 0 Å². The summed E-state index contributed by atoms with van der Waals surface area (Å²) in [7, 11) is 0.